The van der Waals surface area contributed by atoms with Crippen molar-refractivity contribution in [2.24, 2.45) is 0 Å². The predicted molar refractivity (Wildman–Crippen MR) is 104 cm³/mol. The molecule has 0 fully saturated rings. The van der Waals surface area contributed by atoms with Crippen LogP contribution >= 0.6 is 0 Å². The fraction of sp³-hybridized carbons (Fsp3) is 0.100. The van der Waals surface area contributed by atoms with Gasteiger partial charge in [-0.15, -0.1) is 0 Å². The average Bonchev–Trinajstić information content (AvgIpc) is 3.04. The van der Waals surface area contributed by atoms with Crippen molar-refractivity contribution in [1.82, 2.24) is 15.1 Å². The maximum atomic E-state index is 12.1. The van der Waals surface area contributed by atoms with Crippen molar-refractivity contribution < 1.29 is 19.1 Å². The first-order valence-electron chi connectivity index (χ1n) is 8.81. The van der Waals surface area contributed by atoms with Crippen LogP contribution in [0.25, 0.3) is 5.69 Å². The van der Waals surface area contributed by atoms with Gasteiger partial charge in [-0.25, -0.2) is 9.48 Å². The lowest BCUT2D eigenvalue weighted by Gasteiger charge is -2.10. The summed E-state index contributed by atoms with van der Waals surface area (Å²) in [6, 6.07) is 16.1. The van der Waals surface area contributed by atoms with Gasteiger partial charge in [-0.2, -0.15) is 5.10 Å². The summed E-state index contributed by atoms with van der Waals surface area (Å²) in [5.74, 6) is -0.878. The highest BCUT2D eigenvalue weighted by Gasteiger charge is 2.29. The molecule has 2 heterocycles. The topological polar surface area (TPSA) is 128 Å². The highest BCUT2D eigenvalue weighted by atomic mass is 16.5. The number of ether oxygens (including phenoxy) is 1. The van der Waals surface area contributed by atoms with Gasteiger partial charge in [0.15, 0.2) is 0 Å². The van der Waals surface area contributed by atoms with Crippen LogP contribution in [-0.4, -0.2) is 27.7 Å². The second kappa shape index (κ2) is 7.47. The summed E-state index contributed by atoms with van der Waals surface area (Å²) in [5, 5.41) is 9.15. The van der Waals surface area contributed by atoms with E-state index in [1.54, 1.807) is 24.3 Å². The molecule has 3 aromatic rings. The first-order chi connectivity index (χ1) is 14.0. The summed E-state index contributed by atoms with van der Waals surface area (Å²) in [4.78, 5) is 35.6. The standard InChI is InChI=1S/C20H17N5O4/c21-18-17-15(10-16(26)23-19(17)27)24-25(18)14-8-4-7-13(9-14)22-20(28)29-11-12-5-2-1-3-6-12/h1-9H,10-11,21H2,(H,22,28)(H,23,26,27). The fourth-order valence-electron chi connectivity index (χ4n) is 3.02. The summed E-state index contributed by atoms with van der Waals surface area (Å²) in [6.07, 6.45) is -0.633. The van der Waals surface area contributed by atoms with Crippen LogP contribution in [0.1, 0.15) is 21.6 Å². The lowest BCUT2D eigenvalue weighted by Crippen LogP contribution is -2.37. The minimum atomic E-state index is -0.608. The number of carbonyl (C=O) groups is 3. The highest BCUT2D eigenvalue weighted by Crippen LogP contribution is 2.25. The van der Waals surface area contributed by atoms with Gasteiger partial charge < -0.3 is 10.5 Å². The van der Waals surface area contributed by atoms with Gasteiger partial charge in [0.25, 0.3) is 5.91 Å². The molecular formula is C20H17N5O4. The zero-order chi connectivity index (χ0) is 20.4. The molecule has 0 bridgehead atoms. The molecule has 1 aliphatic rings. The van der Waals surface area contributed by atoms with E-state index in [4.69, 9.17) is 10.5 Å². The number of nitrogens with two attached hydrogens (primary N) is 1. The van der Waals surface area contributed by atoms with Crippen LogP contribution < -0.4 is 16.4 Å². The molecule has 0 saturated carbocycles. The summed E-state index contributed by atoms with van der Waals surface area (Å²) in [7, 11) is 0. The normalized spacial score (nSPS) is 12.8. The minimum Gasteiger partial charge on any atom is -0.444 e. The Morgan fingerprint density at radius 1 is 1.17 bits per heavy atom. The summed E-state index contributed by atoms with van der Waals surface area (Å²) in [6.45, 7) is 0.147. The number of nitrogens with one attached hydrogen (secondary N) is 2. The number of benzene rings is 2. The lowest BCUT2D eigenvalue weighted by molar-refractivity contribution is -0.119. The number of rotatable bonds is 4. The van der Waals surface area contributed by atoms with E-state index in [2.05, 4.69) is 15.7 Å². The van der Waals surface area contributed by atoms with Crippen LogP contribution in [0.3, 0.4) is 0 Å². The third-order valence-electron chi connectivity index (χ3n) is 4.35. The Morgan fingerprint density at radius 2 is 1.97 bits per heavy atom. The summed E-state index contributed by atoms with van der Waals surface area (Å²) in [5.41, 5.74) is 8.44. The SMILES string of the molecule is Nc1c2c(nn1-c1cccc(NC(=O)OCc3ccccc3)c1)CC(=O)NC2=O. The first-order valence-corrected chi connectivity index (χ1v) is 8.81. The van der Waals surface area contributed by atoms with Crippen LogP contribution in [0.15, 0.2) is 54.6 Å². The monoisotopic (exact) mass is 391 g/mol. The molecule has 9 heteroatoms. The van der Waals surface area contributed by atoms with E-state index in [0.29, 0.717) is 17.1 Å². The van der Waals surface area contributed by atoms with Crippen molar-refractivity contribution in [2.75, 3.05) is 11.1 Å². The Labute approximate surface area is 165 Å². The number of aromatic nitrogens is 2. The Hall–Kier alpha value is -4.14. The Kier molecular flexibility index (Phi) is 4.70. The zero-order valence-electron chi connectivity index (χ0n) is 15.2. The maximum absolute atomic E-state index is 12.1. The minimum absolute atomic E-state index is 0.0258. The van der Waals surface area contributed by atoms with E-state index in [1.165, 1.54) is 4.68 Å². The molecule has 146 valence electrons. The molecule has 1 aromatic heterocycles. The second-order valence-corrected chi connectivity index (χ2v) is 6.41. The average molecular weight is 391 g/mol. The number of carbonyl (C=O) groups excluding carboxylic acids is 3. The number of fused-ring (bicyclic) bond motifs is 1. The molecular weight excluding hydrogens is 374 g/mol. The molecule has 4 N–H and O–H groups in total. The van der Waals surface area contributed by atoms with E-state index in [9.17, 15) is 14.4 Å². The van der Waals surface area contributed by atoms with Gasteiger partial charge >= 0.3 is 6.09 Å². The molecule has 0 saturated heterocycles. The summed E-state index contributed by atoms with van der Waals surface area (Å²) < 4.78 is 6.57. The van der Waals surface area contributed by atoms with Gasteiger partial charge in [-0.05, 0) is 23.8 Å². The quantitative estimate of drug-likeness (QED) is 0.584. The largest absolute Gasteiger partial charge is 0.444 e. The molecule has 3 amide bonds. The van der Waals surface area contributed by atoms with Crippen molar-refractivity contribution in [1.29, 1.82) is 0 Å². The Bertz CT molecular complexity index is 1110. The molecule has 0 spiro atoms. The van der Waals surface area contributed by atoms with Gasteiger partial charge in [0.05, 0.1) is 17.8 Å². The number of imide groups is 1. The highest BCUT2D eigenvalue weighted by molar-refractivity contribution is 6.11. The molecule has 0 atom stereocenters. The van der Waals surface area contributed by atoms with Crippen LogP contribution in [0, 0.1) is 0 Å². The molecule has 0 radical (unpaired) electrons. The van der Waals surface area contributed by atoms with Crippen molar-refractivity contribution >= 4 is 29.4 Å². The van der Waals surface area contributed by atoms with Crippen LogP contribution in [-0.2, 0) is 22.6 Å². The van der Waals surface area contributed by atoms with Crippen molar-refractivity contribution in [3.8, 4) is 5.69 Å². The molecule has 0 aliphatic carbocycles. The number of anilines is 2. The van der Waals surface area contributed by atoms with E-state index >= 15 is 0 Å². The van der Waals surface area contributed by atoms with Gasteiger partial charge in [0.2, 0.25) is 5.91 Å². The number of hydrogen-bond donors (Lipinski definition) is 3. The van der Waals surface area contributed by atoms with Crippen molar-refractivity contribution in [3.63, 3.8) is 0 Å². The number of hydrogen-bond acceptors (Lipinski definition) is 6. The first kappa shape index (κ1) is 18.2. The fourth-order valence-corrected chi connectivity index (χ4v) is 3.02. The predicted octanol–water partition coefficient (Wildman–Crippen LogP) is 2.02. The number of nitrogens with zero attached hydrogens (tertiary/aromatic N) is 2. The number of nitrogen functional groups attached to an aromatic ring is 1. The van der Waals surface area contributed by atoms with Gasteiger partial charge in [0, 0.05) is 5.69 Å². The third kappa shape index (κ3) is 3.79. The second-order valence-electron chi connectivity index (χ2n) is 6.41. The van der Waals surface area contributed by atoms with Crippen molar-refractivity contribution in [2.45, 2.75) is 13.0 Å². The Morgan fingerprint density at radius 3 is 2.76 bits per heavy atom. The summed E-state index contributed by atoms with van der Waals surface area (Å²) >= 11 is 0. The van der Waals surface area contributed by atoms with E-state index in [1.807, 2.05) is 30.3 Å². The van der Waals surface area contributed by atoms with Crippen LogP contribution in [0.2, 0.25) is 0 Å². The van der Waals surface area contributed by atoms with Gasteiger partial charge in [0.1, 0.15) is 18.0 Å². The van der Waals surface area contributed by atoms with E-state index in [0.717, 1.165) is 5.56 Å². The molecule has 0 unspecified atom stereocenters. The van der Waals surface area contributed by atoms with Crippen LogP contribution in [0.4, 0.5) is 16.3 Å². The molecule has 29 heavy (non-hydrogen) atoms. The van der Waals surface area contributed by atoms with Crippen molar-refractivity contribution in [3.05, 3.63) is 71.4 Å². The smallest absolute Gasteiger partial charge is 0.411 e. The molecule has 9 nitrogen and oxygen atoms in total. The lowest BCUT2D eigenvalue weighted by atomic mass is 10.1. The zero-order valence-corrected chi connectivity index (χ0v) is 15.2. The molecule has 4 rings (SSSR count). The van der Waals surface area contributed by atoms with Crippen LogP contribution in [0.5, 0.6) is 0 Å². The Balaban J connectivity index is 1.51. The van der Waals surface area contributed by atoms with Gasteiger partial charge in [-0.1, -0.05) is 36.4 Å². The molecule has 2 aromatic carbocycles. The third-order valence-corrected chi connectivity index (χ3v) is 4.35. The van der Waals surface area contributed by atoms with E-state index < -0.39 is 17.9 Å². The maximum Gasteiger partial charge on any atom is 0.411 e. The van der Waals surface area contributed by atoms with Gasteiger partial charge in [-0.3, -0.25) is 20.2 Å². The van der Waals surface area contributed by atoms with E-state index in [-0.39, 0.29) is 24.4 Å². The molecule has 1 aliphatic heterocycles. The number of amides is 3.